The summed E-state index contributed by atoms with van der Waals surface area (Å²) in [6, 6.07) is 5.52. The minimum atomic E-state index is -3.31. The Balaban J connectivity index is 2.65. The largest absolute Gasteiger partial charge is 0.493 e. The molecular weight excluding hydrogens is 222 g/mol. The van der Waals surface area contributed by atoms with Crippen LogP contribution < -0.4 is 4.74 Å². The molecule has 84 valence electrons. The zero-order valence-electron chi connectivity index (χ0n) is 8.64. The maximum atomic E-state index is 12.6. The van der Waals surface area contributed by atoms with Crippen molar-refractivity contribution in [2.45, 2.75) is 19.2 Å². The molecule has 0 bridgehead atoms. The molecule has 0 spiro atoms. The summed E-state index contributed by atoms with van der Waals surface area (Å²) in [4.78, 5) is 0. The van der Waals surface area contributed by atoms with E-state index in [1.807, 2.05) is 13.8 Å². The Morgan fingerprint density at radius 2 is 1.80 bits per heavy atom. The number of halogens is 3. The normalized spacial score (nSPS) is 11.9. The van der Waals surface area contributed by atoms with Crippen LogP contribution in [0.25, 0.3) is 0 Å². The summed E-state index contributed by atoms with van der Waals surface area (Å²) in [6.07, 6.45) is 0. The summed E-state index contributed by atoms with van der Waals surface area (Å²) in [5.74, 6) is 0.979. The van der Waals surface area contributed by atoms with Gasteiger partial charge in [-0.3, -0.25) is 0 Å². The van der Waals surface area contributed by atoms with E-state index < -0.39 is 5.38 Å². The van der Waals surface area contributed by atoms with Gasteiger partial charge in [0.2, 0.25) is 0 Å². The van der Waals surface area contributed by atoms with Gasteiger partial charge < -0.3 is 4.74 Å². The number of rotatable bonds is 4. The molecule has 1 aromatic rings. The van der Waals surface area contributed by atoms with E-state index in [9.17, 15) is 8.78 Å². The second-order valence-electron chi connectivity index (χ2n) is 3.73. The molecule has 0 atom stereocenters. The molecule has 0 aliphatic rings. The molecule has 0 saturated heterocycles. The molecule has 0 saturated carbocycles. The minimum Gasteiger partial charge on any atom is -0.493 e. The number of benzene rings is 1. The monoisotopic (exact) mass is 234 g/mol. The molecule has 0 heterocycles. The third-order valence-electron chi connectivity index (χ3n) is 1.76. The maximum Gasteiger partial charge on any atom is 0.348 e. The zero-order valence-corrected chi connectivity index (χ0v) is 9.39. The average molecular weight is 235 g/mol. The standard InChI is InChI=1S/C11H13ClF2O/c1-8(2)7-15-10-5-3-9(4-6-10)11(12,13)14/h3-6,8H,7H2,1-2H3. The molecule has 0 aromatic heterocycles. The summed E-state index contributed by atoms with van der Waals surface area (Å²) in [6.45, 7) is 4.60. The number of hydrogen-bond acceptors (Lipinski definition) is 1. The molecule has 0 fully saturated rings. The van der Waals surface area contributed by atoms with E-state index in [0.29, 0.717) is 18.3 Å². The molecule has 4 heteroatoms. The van der Waals surface area contributed by atoms with Crippen molar-refractivity contribution in [2.75, 3.05) is 6.61 Å². The fraction of sp³-hybridized carbons (Fsp3) is 0.455. The van der Waals surface area contributed by atoms with Gasteiger partial charge in [0.1, 0.15) is 5.75 Å². The van der Waals surface area contributed by atoms with E-state index in [-0.39, 0.29) is 5.56 Å². The van der Waals surface area contributed by atoms with E-state index >= 15 is 0 Å². The predicted molar refractivity (Wildman–Crippen MR) is 56.5 cm³/mol. The average Bonchev–Trinajstić information content (AvgIpc) is 2.14. The van der Waals surface area contributed by atoms with Gasteiger partial charge >= 0.3 is 5.38 Å². The topological polar surface area (TPSA) is 9.23 Å². The van der Waals surface area contributed by atoms with Crippen molar-refractivity contribution in [3.63, 3.8) is 0 Å². The van der Waals surface area contributed by atoms with Crippen LogP contribution in [0.5, 0.6) is 5.75 Å². The van der Waals surface area contributed by atoms with Crippen molar-refractivity contribution in [1.29, 1.82) is 0 Å². The van der Waals surface area contributed by atoms with Crippen LogP contribution >= 0.6 is 11.6 Å². The maximum absolute atomic E-state index is 12.6. The zero-order chi connectivity index (χ0) is 11.5. The molecular formula is C11H13ClF2O. The second-order valence-corrected chi connectivity index (χ2v) is 4.20. The summed E-state index contributed by atoms with van der Waals surface area (Å²) in [5, 5.41) is -3.31. The summed E-state index contributed by atoms with van der Waals surface area (Å²) < 4.78 is 30.6. The lowest BCUT2D eigenvalue weighted by Gasteiger charge is -2.11. The van der Waals surface area contributed by atoms with E-state index in [4.69, 9.17) is 16.3 Å². The van der Waals surface area contributed by atoms with E-state index in [2.05, 4.69) is 0 Å². The third kappa shape index (κ3) is 4.04. The Kier molecular flexibility index (Phi) is 3.91. The van der Waals surface area contributed by atoms with Crippen LogP contribution in [0.15, 0.2) is 24.3 Å². The molecule has 15 heavy (non-hydrogen) atoms. The first-order chi connectivity index (χ1) is 6.89. The van der Waals surface area contributed by atoms with Gasteiger partial charge in [0, 0.05) is 5.56 Å². The van der Waals surface area contributed by atoms with Gasteiger partial charge in [0.15, 0.2) is 0 Å². The molecule has 0 aliphatic carbocycles. The molecule has 0 radical (unpaired) electrons. The van der Waals surface area contributed by atoms with Crippen molar-refractivity contribution in [3.05, 3.63) is 29.8 Å². The third-order valence-corrected chi connectivity index (χ3v) is 1.98. The Morgan fingerprint density at radius 3 is 2.20 bits per heavy atom. The lowest BCUT2D eigenvalue weighted by Crippen LogP contribution is -2.06. The highest BCUT2D eigenvalue weighted by Gasteiger charge is 2.27. The molecule has 1 nitrogen and oxygen atoms in total. The van der Waals surface area contributed by atoms with Crippen LogP contribution in [-0.4, -0.2) is 6.61 Å². The van der Waals surface area contributed by atoms with E-state index in [1.165, 1.54) is 24.3 Å². The van der Waals surface area contributed by atoms with E-state index in [1.54, 1.807) is 0 Å². The highest BCUT2D eigenvalue weighted by molar-refractivity contribution is 6.21. The lowest BCUT2D eigenvalue weighted by molar-refractivity contribution is 0.0950. The smallest absolute Gasteiger partial charge is 0.348 e. The number of ether oxygens (including phenoxy) is 1. The Hall–Kier alpha value is -0.830. The SMILES string of the molecule is CC(C)COc1ccc(C(F)(F)Cl)cc1. The Bertz CT molecular complexity index is 303. The van der Waals surface area contributed by atoms with Crippen LogP contribution in [0, 0.1) is 5.92 Å². The number of alkyl halides is 3. The molecule has 0 amide bonds. The van der Waals surface area contributed by atoms with Gasteiger partial charge in [-0.2, -0.15) is 8.78 Å². The van der Waals surface area contributed by atoms with Crippen molar-refractivity contribution in [2.24, 2.45) is 5.92 Å². The fourth-order valence-corrected chi connectivity index (χ4v) is 1.13. The van der Waals surface area contributed by atoms with Crippen LogP contribution in [0.2, 0.25) is 0 Å². The minimum absolute atomic E-state index is 0.221. The van der Waals surface area contributed by atoms with Crippen molar-refractivity contribution < 1.29 is 13.5 Å². The first-order valence-corrected chi connectivity index (χ1v) is 5.07. The Morgan fingerprint density at radius 1 is 1.27 bits per heavy atom. The summed E-state index contributed by atoms with van der Waals surface area (Å²) in [7, 11) is 0. The summed E-state index contributed by atoms with van der Waals surface area (Å²) in [5.41, 5.74) is -0.221. The van der Waals surface area contributed by atoms with Gasteiger partial charge in [-0.1, -0.05) is 13.8 Å². The van der Waals surface area contributed by atoms with Crippen LogP contribution in [0.4, 0.5) is 8.78 Å². The van der Waals surface area contributed by atoms with Crippen LogP contribution in [-0.2, 0) is 5.38 Å². The molecule has 1 aromatic carbocycles. The lowest BCUT2D eigenvalue weighted by atomic mass is 10.2. The Labute approximate surface area is 93.0 Å². The van der Waals surface area contributed by atoms with Gasteiger partial charge in [0.25, 0.3) is 0 Å². The first-order valence-electron chi connectivity index (χ1n) is 4.69. The van der Waals surface area contributed by atoms with E-state index in [0.717, 1.165) is 0 Å². The van der Waals surface area contributed by atoms with Crippen molar-refractivity contribution in [1.82, 2.24) is 0 Å². The van der Waals surface area contributed by atoms with Gasteiger partial charge in [-0.25, -0.2) is 0 Å². The van der Waals surface area contributed by atoms with Gasteiger partial charge in [-0.05, 0) is 41.8 Å². The number of hydrogen-bond donors (Lipinski definition) is 0. The second kappa shape index (κ2) is 4.79. The van der Waals surface area contributed by atoms with Crippen LogP contribution in [0.3, 0.4) is 0 Å². The van der Waals surface area contributed by atoms with Gasteiger partial charge in [0.05, 0.1) is 6.61 Å². The highest BCUT2D eigenvalue weighted by atomic mass is 35.5. The molecule has 0 unspecified atom stereocenters. The first kappa shape index (κ1) is 12.2. The highest BCUT2D eigenvalue weighted by Crippen LogP contribution is 2.32. The van der Waals surface area contributed by atoms with Crippen LogP contribution in [0.1, 0.15) is 19.4 Å². The quantitative estimate of drug-likeness (QED) is 0.716. The predicted octanol–water partition coefficient (Wildman–Crippen LogP) is 4.01. The molecule has 0 N–H and O–H groups in total. The summed E-state index contributed by atoms with van der Waals surface area (Å²) >= 11 is 4.86. The molecule has 0 aliphatic heterocycles. The van der Waals surface area contributed by atoms with Crippen molar-refractivity contribution >= 4 is 11.6 Å². The molecule has 1 rings (SSSR count). The van der Waals surface area contributed by atoms with Gasteiger partial charge in [-0.15, -0.1) is 0 Å². The van der Waals surface area contributed by atoms with Crippen molar-refractivity contribution in [3.8, 4) is 5.75 Å². The fourth-order valence-electron chi connectivity index (χ4n) is 1.00.